The number of fused-ring (bicyclic) bond motifs is 1. The summed E-state index contributed by atoms with van der Waals surface area (Å²) in [5, 5.41) is 2.21. The van der Waals surface area contributed by atoms with Crippen LogP contribution in [0.15, 0.2) is 54.6 Å². The van der Waals surface area contributed by atoms with Crippen molar-refractivity contribution in [2.45, 2.75) is 6.04 Å². The van der Waals surface area contributed by atoms with Crippen molar-refractivity contribution in [3.05, 3.63) is 77.6 Å². The number of rotatable bonds is 2. The predicted molar refractivity (Wildman–Crippen MR) is 80.4 cm³/mol. The molecule has 0 radical (unpaired) electrons. The molecule has 3 aromatic carbocycles. The van der Waals surface area contributed by atoms with E-state index in [-0.39, 0.29) is 11.7 Å². The summed E-state index contributed by atoms with van der Waals surface area (Å²) in [5.74, 6) is -2.62. The summed E-state index contributed by atoms with van der Waals surface area (Å²) in [6.07, 6.45) is 0. The number of nitrogens with zero attached hydrogens (tertiary/aromatic N) is 1. The van der Waals surface area contributed by atoms with E-state index in [4.69, 9.17) is 0 Å². The summed E-state index contributed by atoms with van der Waals surface area (Å²) >= 11 is 0. The molecule has 4 heteroatoms. The SMILES string of the molecule is Fc1cc(F)c(N2C[C@@H]2c2ccc3ccccc3c2)c(F)c1. The highest BCUT2D eigenvalue weighted by atomic mass is 19.1. The molecule has 0 spiro atoms. The number of anilines is 1. The van der Waals surface area contributed by atoms with Crippen LogP contribution in [-0.2, 0) is 0 Å². The summed E-state index contributed by atoms with van der Waals surface area (Å²) in [6.45, 7) is 0.526. The van der Waals surface area contributed by atoms with Crippen LogP contribution in [-0.4, -0.2) is 6.54 Å². The van der Waals surface area contributed by atoms with E-state index in [0.717, 1.165) is 16.3 Å². The fraction of sp³-hybridized carbons (Fsp3) is 0.111. The van der Waals surface area contributed by atoms with E-state index in [9.17, 15) is 13.2 Å². The van der Waals surface area contributed by atoms with Crippen molar-refractivity contribution in [1.29, 1.82) is 0 Å². The molecule has 0 unspecified atom stereocenters. The molecule has 3 aromatic rings. The molecule has 0 N–H and O–H groups in total. The molecule has 0 saturated carbocycles. The Labute approximate surface area is 125 Å². The van der Waals surface area contributed by atoms with Crippen LogP contribution in [0.25, 0.3) is 10.8 Å². The average molecular weight is 299 g/mol. The molecule has 1 nitrogen and oxygen atoms in total. The molecule has 0 aromatic heterocycles. The molecule has 0 amide bonds. The average Bonchev–Trinajstić information content (AvgIpc) is 3.26. The smallest absolute Gasteiger partial charge is 0.152 e. The van der Waals surface area contributed by atoms with E-state index in [1.165, 1.54) is 0 Å². The monoisotopic (exact) mass is 299 g/mol. The fourth-order valence-corrected chi connectivity index (χ4v) is 2.90. The van der Waals surface area contributed by atoms with Crippen LogP contribution < -0.4 is 4.90 Å². The molecule has 1 saturated heterocycles. The second kappa shape index (κ2) is 4.77. The zero-order valence-electron chi connectivity index (χ0n) is 11.6. The molecular weight excluding hydrogens is 287 g/mol. The van der Waals surface area contributed by atoms with Gasteiger partial charge in [-0.1, -0.05) is 36.4 Å². The van der Waals surface area contributed by atoms with Crippen LogP contribution in [0.2, 0.25) is 0 Å². The van der Waals surface area contributed by atoms with Crippen molar-refractivity contribution >= 4 is 16.5 Å². The van der Waals surface area contributed by atoms with Gasteiger partial charge in [0.15, 0.2) is 11.6 Å². The van der Waals surface area contributed by atoms with Crippen molar-refractivity contribution in [2.75, 3.05) is 11.4 Å². The van der Waals surface area contributed by atoms with Crippen LogP contribution in [0.4, 0.5) is 18.9 Å². The Hall–Kier alpha value is -2.49. The zero-order chi connectivity index (χ0) is 15.3. The van der Waals surface area contributed by atoms with Gasteiger partial charge in [-0.05, 0) is 22.4 Å². The lowest BCUT2D eigenvalue weighted by atomic mass is 10.1. The predicted octanol–water partition coefficient (Wildman–Crippen LogP) is 4.82. The summed E-state index contributed by atoms with van der Waals surface area (Å²) in [5.41, 5.74) is 0.849. The molecule has 0 aliphatic carbocycles. The Morgan fingerprint density at radius 3 is 2.23 bits per heavy atom. The molecule has 22 heavy (non-hydrogen) atoms. The lowest BCUT2D eigenvalue weighted by molar-refractivity contribution is 0.545. The normalized spacial score (nSPS) is 17.0. The topological polar surface area (TPSA) is 3.01 Å². The highest BCUT2D eigenvalue weighted by Gasteiger charge is 2.39. The first kappa shape index (κ1) is 13.2. The quantitative estimate of drug-likeness (QED) is 0.613. The Morgan fingerprint density at radius 2 is 1.50 bits per heavy atom. The van der Waals surface area contributed by atoms with Crippen LogP contribution in [0.3, 0.4) is 0 Å². The maximum atomic E-state index is 13.8. The van der Waals surface area contributed by atoms with Gasteiger partial charge in [-0.3, -0.25) is 0 Å². The third-order valence-electron chi connectivity index (χ3n) is 4.04. The third kappa shape index (κ3) is 2.11. The van der Waals surface area contributed by atoms with Gasteiger partial charge in [-0.25, -0.2) is 13.2 Å². The lowest BCUT2D eigenvalue weighted by Gasteiger charge is -2.09. The molecule has 4 rings (SSSR count). The summed E-state index contributed by atoms with van der Waals surface area (Å²) in [4.78, 5) is 1.61. The van der Waals surface area contributed by atoms with Gasteiger partial charge in [0.1, 0.15) is 11.5 Å². The van der Waals surface area contributed by atoms with Crippen molar-refractivity contribution in [1.82, 2.24) is 0 Å². The largest absolute Gasteiger partial charge is 0.356 e. The van der Waals surface area contributed by atoms with Gasteiger partial charge in [-0.2, -0.15) is 0 Å². The molecule has 0 bridgehead atoms. The Balaban J connectivity index is 1.69. The molecular formula is C18H12F3N. The van der Waals surface area contributed by atoms with Crippen LogP contribution in [0, 0.1) is 17.5 Å². The van der Waals surface area contributed by atoms with E-state index < -0.39 is 17.5 Å². The van der Waals surface area contributed by atoms with Crippen molar-refractivity contribution in [3.63, 3.8) is 0 Å². The number of hydrogen-bond donors (Lipinski definition) is 0. The third-order valence-corrected chi connectivity index (χ3v) is 4.04. The van der Waals surface area contributed by atoms with Crippen LogP contribution in [0.1, 0.15) is 11.6 Å². The molecule has 1 aliphatic rings. The highest BCUT2D eigenvalue weighted by Crippen LogP contribution is 2.43. The summed E-state index contributed by atoms with van der Waals surface area (Å²) < 4.78 is 40.6. The molecule has 1 fully saturated rings. The minimum absolute atomic E-state index is 0.0703. The number of hydrogen-bond acceptors (Lipinski definition) is 1. The van der Waals surface area contributed by atoms with E-state index in [2.05, 4.69) is 0 Å². The number of benzene rings is 3. The summed E-state index contributed by atoms with van der Waals surface area (Å²) in [7, 11) is 0. The van der Waals surface area contributed by atoms with Crippen LogP contribution in [0.5, 0.6) is 0 Å². The van der Waals surface area contributed by atoms with E-state index in [1.807, 2.05) is 42.5 Å². The van der Waals surface area contributed by atoms with E-state index >= 15 is 0 Å². The maximum Gasteiger partial charge on any atom is 0.152 e. The molecule has 1 atom stereocenters. The van der Waals surface area contributed by atoms with E-state index in [0.29, 0.717) is 18.7 Å². The minimum Gasteiger partial charge on any atom is -0.356 e. The van der Waals surface area contributed by atoms with Gasteiger partial charge in [0.25, 0.3) is 0 Å². The van der Waals surface area contributed by atoms with Gasteiger partial charge < -0.3 is 4.90 Å². The van der Waals surface area contributed by atoms with Crippen molar-refractivity contribution < 1.29 is 13.2 Å². The fourth-order valence-electron chi connectivity index (χ4n) is 2.90. The second-order valence-electron chi connectivity index (χ2n) is 5.49. The Kier molecular flexibility index (Phi) is 2.86. The molecule has 1 aliphatic heterocycles. The van der Waals surface area contributed by atoms with Gasteiger partial charge in [0.05, 0.1) is 6.04 Å². The van der Waals surface area contributed by atoms with Crippen molar-refractivity contribution in [2.24, 2.45) is 0 Å². The van der Waals surface area contributed by atoms with Gasteiger partial charge in [0, 0.05) is 18.7 Å². The second-order valence-corrected chi connectivity index (χ2v) is 5.49. The van der Waals surface area contributed by atoms with E-state index in [1.54, 1.807) is 4.90 Å². The Morgan fingerprint density at radius 1 is 0.818 bits per heavy atom. The Bertz CT molecular complexity index is 852. The molecule has 1 heterocycles. The van der Waals surface area contributed by atoms with Gasteiger partial charge in [0.2, 0.25) is 0 Å². The standard InChI is InChI=1S/C18H12F3N/c19-14-8-15(20)18(16(21)9-14)22-10-17(22)13-6-5-11-3-1-2-4-12(11)7-13/h1-9,17H,10H2/t17-,22?/m1/s1. The first-order chi connectivity index (χ1) is 10.6. The maximum absolute atomic E-state index is 13.8. The summed E-state index contributed by atoms with van der Waals surface area (Å²) in [6, 6.07) is 15.3. The first-order valence-corrected chi connectivity index (χ1v) is 7.03. The first-order valence-electron chi connectivity index (χ1n) is 7.03. The highest BCUT2D eigenvalue weighted by molar-refractivity contribution is 5.83. The minimum atomic E-state index is -0.900. The molecule has 110 valence electrons. The van der Waals surface area contributed by atoms with Crippen LogP contribution >= 0.6 is 0 Å². The van der Waals surface area contributed by atoms with Crippen molar-refractivity contribution in [3.8, 4) is 0 Å². The zero-order valence-corrected chi connectivity index (χ0v) is 11.6. The lowest BCUT2D eigenvalue weighted by Crippen LogP contribution is -2.02. The van der Waals surface area contributed by atoms with Gasteiger partial charge in [-0.15, -0.1) is 0 Å². The number of halogens is 3. The van der Waals surface area contributed by atoms with Gasteiger partial charge >= 0.3 is 0 Å².